The summed E-state index contributed by atoms with van der Waals surface area (Å²) in [5.41, 5.74) is 5.63. The Balaban J connectivity index is 4.44. The van der Waals surface area contributed by atoms with Crippen LogP contribution in [0.1, 0.15) is 65.7 Å². The summed E-state index contributed by atoms with van der Waals surface area (Å²) in [7, 11) is 0. The smallest absolute Gasteiger partial charge is 0.407 e. The van der Waals surface area contributed by atoms with Crippen molar-refractivity contribution in [1.29, 1.82) is 0 Å². The molecule has 0 bridgehead atoms. The van der Waals surface area contributed by atoms with Gasteiger partial charge in [-0.1, -0.05) is 0 Å². The average molecular weight is 459 g/mol. The second kappa shape index (κ2) is 16.8. The quantitative estimate of drug-likeness (QED) is 0.182. The van der Waals surface area contributed by atoms with Crippen LogP contribution in [0.25, 0.3) is 0 Å². The number of ketones is 3. The molecule has 0 saturated carbocycles. The molecule has 0 aromatic carbocycles. The van der Waals surface area contributed by atoms with E-state index in [0.29, 0.717) is 25.8 Å². The molecule has 0 rings (SSSR count). The van der Waals surface area contributed by atoms with Gasteiger partial charge in [-0.3, -0.25) is 14.4 Å². The molecular formula is C21H34N2O9. The van der Waals surface area contributed by atoms with Gasteiger partial charge in [0.25, 0.3) is 0 Å². The highest BCUT2D eigenvalue weighted by molar-refractivity contribution is 5.82. The summed E-state index contributed by atoms with van der Waals surface area (Å²) >= 11 is 0. The fraction of sp³-hybridized carbons (Fsp3) is 0.714. The molecule has 0 aromatic heterocycles. The van der Waals surface area contributed by atoms with Crippen LogP contribution in [0.15, 0.2) is 0 Å². The number of nitrogens with one attached hydrogen (secondary N) is 1. The zero-order chi connectivity index (χ0) is 24.5. The molecule has 11 nitrogen and oxygen atoms in total. The fourth-order valence-electron chi connectivity index (χ4n) is 2.28. The summed E-state index contributed by atoms with van der Waals surface area (Å²) in [5.74, 6) is -1.80. The summed E-state index contributed by atoms with van der Waals surface area (Å²) in [6.45, 7) is 3.67. The van der Waals surface area contributed by atoms with Gasteiger partial charge in [0.15, 0.2) is 6.10 Å². The fourth-order valence-corrected chi connectivity index (χ4v) is 2.28. The lowest BCUT2D eigenvalue weighted by atomic mass is 10.1. The van der Waals surface area contributed by atoms with Gasteiger partial charge in [-0.25, -0.2) is 4.79 Å². The van der Waals surface area contributed by atoms with E-state index in [4.69, 9.17) is 19.9 Å². The van der Waals surface area contributed by atoms with Crippen LogP contribution in [-0.4, -0.2) is 67.3 Å². The van der Waals surface area contributed by atoms with E-state index in [-0.39, 0.29) is 56.2 Å². The van der Waals surface area contributed by atoms with E-state index >= 15 is 0 Å². The van der Waals surface area contributed by atoms with Gasteiger partial charge in [-0.05, 0) is 40.0 Å². The summed E-state index contributed by atoms with van der Waals surface area (Å²) in [4.78, 5) is 68.4. The van der Waals surface area contributed by atoms with Crippen molar-refractivity contribution in [2.75, 3.05) is 19.8 Å². The molecule has 0 saturated heterocycles. The third-order valence-corrected chi connectivity index (χ3v) is 4.22. The normalized spacial score (nSPS) is 12.2. The minimum Gasteiger partial charge on any atom is -0.462 e. The van der Waals surface area contributed by atoms with Gasteiger partial charge in [0.2, 0.25) is 0 Å². The topological polar surface area (TPSA) is 168 Å². The lowest BCUT2D eigenvalue weighted by Crippen LogP contribution is -2.34. The maximum absolute atomic E-state index is 11.9. The van der Waals surface area contributed by atoms with Crippen LogP contribution in [0.4, 0.5) is 4.79 Å². The SMILES string of the molecule is CC(=O)CCC(=O)OCC(COC(=O)NCCCCC(N)C(C)=O)OC(=O)CCC(C)=O. The highest BCUT2D eigenvalue weighted by Gasteiger charge is 2.20. The molecule has 3 N–H and O–H groups in total. The van der Waals surface area contributed by atoms with Crippen LogP contribution >= 0.6 is 0 Å². The molecule has 2 unspecified atom stereocenters. The molecule has 0 fully saturated rings. The monoisotopic (exact) mass is 458 g/mol. The Morgan fingerprint density at radius 1 is 0.781 bits per heavy atom. The Kier molecular flexibility index (Phi) is 15.3. The molecule has 0 spiro atoms. The van der Waals surface area contributed by atoms with Crippen molar-refractivity contribution in [1.82, 2.24) is 5.32 Å². The molecule has 1 amide bonds. The number of carbonyl (C=O) groups is 6. The molecule has 2 atom stereocenters. The molecule has 0 heterocycles. The van der Waals surface area contributed by atoms with E-state index in [1.54, 1.807) is 0 Å². The lowest BCUT2D eigenvalue weighted by molar-refractivity contribution is -0.161. The number of hydrogen-bond donors (Lipinski definition) is 2. The largest absolute Gasteiger partial charge is 0.462 e. The van der Waals surface area contributed by atoms with E-state index in [1.165, 1.54) is 20.8 Å². The second-order valence-corrected chi connectivity index (χ2v) is 7.44. The maximum atomic E-state index is 11.9. The predicted molar refractivity (Wildman–Crippen MR) is 113 cm³/mol. The van der Waals surface area contributed by atoms with Crippen molar-refractivity contribution in [2.45, 2.75) is 77.9 Å². The maximum Gasteiger partial charge on any atom is 0.407 e. The predicted octanol–water partition coefficient (Wildman–Crippen LogP) is 0.993. The number of amides is 1. The summed E-state index contributed by atoms with van der Waals surface area (Å²) < 4.78 is 15.1. The van der Waals surface area contributed by atoms with Gasteiger partial charge >= 0.3 is 18.0 Å². The molecule has 0 aromatic rings. The van der Waals surface area contributed by atoms with E-state index in [0.717, 1.165) is 0 Å². The first-order valence-electron chi connectivity index (χ1n) is 10.5. The molecular weight excluding hydrogens is 424 g/mol. The molecule has 0 aliphatic rings. The number of unbranched alkanes of at least 4 members (excludes halogenated alkanes) is 1. The molecule has 0 aliphatic heterocycles. The lowest BCUT2D eigenvalue weighted by Gasteiger charge is -2.18. The van der Waals surface area contributed by atoms with E-state index < -0.39 is 30.2 Å². The minimum atomic E-state index is -1.06. The van der Waals surface area contributed by atoms with E-state index in [9.17, 15) is 28.8 Å². The number of ether oxygens (including phenoxy) is 3. The number of Topliss-reactive ketones (excluding diaryl/α,β-unsaturated/α-hetero) is 3. The summed E-state index contributed by atoms with van der Waals surface area (Å²) in [6, 6.07) is -0.515. The first-order valence-corrected chi connectivity index (χ1v) is 10.5. The third kappa shape index (κ3) is 16.9. The second-order valence-electron chi connectivity index (χ2n) is 7.44. The van der Waals surface area contributed by atoms with Crippen molar-refractivity contribution in [3.63, 3.8) is 0 Å². The zero-order valence-corrected chi connectivity index (χ0v) is 19.0. The third-order valence-electron chi connectivity index (χ3n) is 4.22. The van der Waals surface area contributed by atoms with Crippen LogP contribution in [0.5, 0.6) is 0 Å². The number of alkyl carbamates (subject to hydrolysis) is 1. The molecule has 0 radical (unpaired) electrons. The number of nitrogens with two attached hydrogens (primary N) is 1. The van der Waals surface area contributed by atoms with Crippen LogP contribution in [0.3, 0.4) is 0 Å². The Hall–Kier alpha value is -2.82. The number of carbonyl (C=O) groups excluding carboxylic acids is 6. The Bertz CT molecular complexity index is 664. The minimum absolute atomic E-state index is 0.00141. The number of rotatable bonds is 17. The van der Waals surface area contributed by atoms with Crippen LogP contribution in [0.2, 0.25) is 0 Å². The van der Waals surface area contributed by atoms with Gasteiger partial charge in [0.05, 0.1) is 18.9 Å². The summed E-state index contributed by atoms with van der Waals surface area (Å²) in [6.07, 6.45) is -0.311. The van der Waals surface area contributed by atoms with Crippen molar-refractivity contribution in [2.24, 2.45) is 5.73 Å². The van der Waals surface area contributed by atoms with Gasteiger partial charge in [0, 0.05) is 19.4 Å². The van der Waals surface area contributed by atoms with Crippen LogP contribution in [0, 0.1) is 0 Å². The zero-order valence-electron chi connectivity index (χ0n) is 19.0. The Morgan fingerprint density at radius 3 is 1.91 bits per heavy atom. The van der Waals surface area contributed by atoms with Gasteiger partial charge in [-0.15, -0.1) is 0 Å². The first kappa shape index (κ1) is 29.2. The molecule has 0 aliphatic carbocycles. The standard InChI is InChI=1S/C21H34N2O9/c1-14(24)7-9-19(27)30-12-17(32-20(28)10-8-15(2)25)13-31-21(29)23-11-5-4-6-18(22)16(3)26/h17-18H,4-13,22H2,1-3H3,(H,23,29). The van der Waals surface area contributed by atoms with Gasteiger partial charge in [-0.2, -0.15) is 0 Å². The van der Waals surface area contributed by atoms with Crippen molar-refractivity contribution >= 4 is 35.4 Å². The van der Waals surface area contributed by atoms with Crippen LogP contribution < -0.4 is 11.1 Å². The van der Waals surface area contributed by atoms with Gasteiger partial charge in [0.1, 0.15) is 30.6 Å². The molecule has 11 heteroatoms. The first-order chi connectivity index (χ1) is 15.0. The molecule has 32 heavy (non-hydrogen) atoms. The highest BCUT2D eigenvalue weighted by Crippen LogP contribution is 2.04. The van der Waals surface area contributed by atoms with E-state index in [2.05, 4.69) is 5.32 Å². The number of hydrogen-bond acceptors (Lipinski definition) is 10. The van der Waals surface area contributed by atoms with Crippen molar-refractivity contribution < 1.29 is 43.0 Å². The molecule has 182 valence electrons. The Morgan fingerprint density at radius 2 is 1.34 bits per heavy atom. The highest BCUT2D eigenvalue weighted by atomic mass is 16.6. The van der Waals surface area contributed by atoms with Crippen LogP contribution in [-0.2, 0) is 38.2 Å². The van der Waals surface area contributed by atoms with Crippen molar-refractivity contribution in [3.05, 3.63) is 0 Å². The van der Waals surface area contributed by atoms with Gasteiger partial charge < -0.3 is 34.9 Å². The summed E-state index contributed by atoms with van der Waals surface area (Å²) in [5, 5.41) is 2.51. The Labute approximate surface area is 187 Å². The van der Waals surface area contributed by atoms with Crippen molar-refractivity contribution in [3.8, 4) is 0 Å². The van der Waals surface area contributed by atoms with E-state index in [1.807, 2.05) is 0 Å². The average Bonchev–Trinajstić information content (AvgIpc) is 2.71. The number of esters is 2.